The van der Waals surface area contributed by atoms with Gasteiger partial charge < -0.3 is 10.1 Å². The van der Waals surface area contributed by atoms with Crippen molar-refractivity contribution in [2.45, 2.75) is 0 Å². The van der Waals surface area contributed by atoms with Crippen molar-refractivity contribution < 1.29 is 9.53 Å². The van der Waals surface area contributed by atoms with Crippen LogP contribution in [0.25, 0.3) is 0 Å². The van der Waals surface area contributed by atoms with Gasteiger partial charge in [-0.05, 0) is 42.6 Å². The summed E-state index contributed by atoms with van der Waals surface area (Å²) in [5.74, 6) is -0.172. The molecule has 0 aromatic heterocycles. The molecule has 2 aromatic carbocycles. The lowest BCUT2D eigenvalue weighted by molar-refractivity contribution is -0.130. The molecule has 0 aliphatic heterocycles. The summed E-state index contributed by atoms with van der Waals surface area (Å²) in [7, 11) is 0. The van der Waals surface area contributed by atoms with Crippen molar-refractivity contribution in [2.75, 3.05) is 0 Å². The van der Waals surface area contributed by atoms with Crippen LogP contribution in [-0.2, 0) is 4.79 Å². The lowest BCUT2D eigenvalue weighted by Crippen LogP contribution is -2.19. The number of rotatable bonds is 6. The first-order chi connectivity index (χ1) is 10.7. The number of azo groups is 1. The highest BCUT2D eigenvalue weighted by Gasteiger charge is 2.08. The van der Waals surface area contributed by atoms with Crippen LogP contribution in [0.5, 0.6) is 5.75 Å². The molecule has 0 saturated carbocycles. The zero-order valence-corrected chi connectivity index (χ0v) is 11.9. The Morgan fingerprint density at radius 1 is 1.00 bits per heavy atom. The molecular formula is C17H15N3O2. The normalized spacial score (nSPS) is 10.2. The number of hydrogen-bond donors (Lipinski definition) is 1. The van der Waals surface area contributed by atoms with Gasteiger partial charge in [-0.25, -0.2) is 4.79 Å². The monoisotopic (exact) mass is 293 g/mol. The maximum Gasteiger partial charge on any atom is 0.359 e. The van der Waals surface area contributed by atoms with Crippen molar-refractivity contribution in [3.8, 4) is 5.75 Å². The summed E-state index contributed by atoms with van der Waals surface area (Å²) >= 11 is 0. The molecule has 0 bridgehead atoms. The van der Waals surface area contributed by atoms with Gasteiger partial charge in [0.2, 0.25) is 0 Å². The zero-order valence-electron chi connectivity index (χ0n) is 11.9. The van der Waals surface area contributed by atoms with Crippen LogP contribution in [-0.4, -0.2) is 5.97 Å². The van der Waals surface area contributed by atoms with Crippen molar-refractivity contribution in [1.82, 2.24) is 5.32 Å². The summed E-state index contributed by atoms with van der Waals surface area (Å²) in [4.78, 5) is 11.6. The van der Waals surface area contributed by atoms with Gasteiger partial charge >= 0.3 is 5.97 Å². The lowest BCUT2D eigenvalue weighted by atomic mass is 10.3. The van der Waals surface area contributed by atoms with Crippen molar-refractivity contribution in [3.63, 3.8) is 0 Å². The number of nitrogens with one attached hydrogen (secondary N) is 1. The molecule has 0 saturated heterocycles. The maximum absolute atomic E-state index is 11.6. The molecule has 0 spiro atoms. The van der Waals surface area contributed by atoms with Crippen LogP contribution in [0.15, 0.2) is 89.9 Å². The maximum atomic E-state index is 11.6. The van der Waals surface area contributed by atoms with Gasteiger partial charge in [0.05, 0.1) is 11.4 Å². The smallest absolute Gasteiger partial charge is 0.359 e. The van der Waals surface area contributed by atoms with Gasteiger partial charge in [-0.15, -0.1) is 0 Å². The molecule has 0 amide bonds. The average Bonchev–Trinajstić information content (AvgIpc) is 2.55. The largest absolute Gasteiger partial charge is 0.422 e. The summed E-state index contributed by atoms with van der Waals surface area (Å²) < 4.78 is 5.13. The third-order valence-electron chi connectivity index (χ3n) is 2.61. The van der Waals surface area contributed by atoms with Gasteiger partial charge in [0.1, 0.15) is 11.4 Å². The van der Waals surface area contributed by atoms with E-state index in [0.29, 0.717) is 11.4 Å². The van der Waals surface area contributed by atoms with E-state index in [2.05, 4.69) is 28.7 Å². The predicted molar refractivity (Wildman–Crippen MR) is 85.2 cm³/mol. The van der Waals surface area contributed by atoms with E-state index in [9.17, 15) is 4.79 Å². The molecule has 0 heterocycles. The lowest BCUT2D eigenvalue weighted by Gasteiger charge is -2.06. The average molecular weight is 293 g/mol. The van der Waals surface area contributed by atoms with Crippen molar-refractivity contribution in [2.24, 2.45) is 10.2 Å². The Kier molecular flexibility index (Phi) is 5.20. The highest BCUT2D eigenvalue weighted by atomic mass is 16.5. The molecule has 0 aliphatic rings. The van der Waals surface area contributed by atoms with E-state index in [1.807, 2.05) is 30.3 Å². The van der Waals surface area contributed by atoms with E-state index < -0.39 is 5.97 Å². The number of esters is 1. The molecule has 1 N–H and O–H groups in total. The second kappa shape index (κ2) is 7.54. The summed E-state index contributed by atoms with van der Waals surface area (Å²) in [5.41, 5.74) is 1.54. The first kappa shape index (κ1) is 15.2. The minimum absolute atomic E-state index is 0.114. The molecule has 2 rings (SSSR count). The minimum Gasteiger partial charge on any atom is -0.422 e. The summed E-state index contributed by atoms with van der Waals surface area (Å²) in [6.07, 6.45) is 1.36. The van der Waals surface area contributed by atoms with Gasteiger partial charge in [-0.2, -0.15) is 10.2 Å². The van der Waals surface area contributed by atoms with Gasteiger partial charge in [-0.1, -0.05) is 31.4 Å². The van der Waals surface area contributed by atoms with Crippen LogP contribution in [0, 0.1) is 0 Å². The second-order valence-electron chi connectivity index (χ2n) is 4.25. The molecule has 0 atom stereocenters. The molecule has 5 nitrogen and oxygen atoms in total. The number of benzene rings is 2. The number of carbonyl (C=O) groups excluding carboxylic acids is 1. The molecule has 22 heavy (non-hydrogen) atoms. The summed E-state index contributed by atoms with van der Waals surface area (Å²) in [6.45, 7) is 6.98. The van der Waals surface area contributed by atoms with Gasteiger partial charge in [0.15, 0.2) is 0 Å². The number of carbonyl (C=O) groups is 1. The minimum atomic E-state index is -0.571. The van der Waals surface area contributed by atoms with E-state index in [0.717, 1.165) is 5.69 Å². The standard InChI is InChI=1S/C17H15N3O2/c1-3-18-13(2)17(21)22-16-11-9-15(10-12-16)20-19-14-7-5-4-6-8-14/h3-12,18H,1-2H2/b20-19+. The van der Waals surface area contributed by atoms with Crippen LogP contribution in [0.2, 0.25) is 0 Å². The Hall–Kier alpha value is -3.21. The summed E-state index contributed by atoms with van der Waals surface area (Å²) in [5, 5.41) is 10.8. The fourth-order valence-corrected chi connectivity index (χ4v) is 1.54. The Bertz CT molecular complexity index is 692. The van der Waals surface area contributed by atoms with Gasteiger partial charge in [0.25, 0.3) is 0 Å². The van der Waals surface area contributed by atoms with Crippen LogP contribution < -0.4 is 10.1 Å². The third-order valence-corrected chi connectivity index (χ3v) is 2.61. The Labute approximate surface area is 128 Å². The Balaban J connectivity index is 1.98. The molecular weight excluding hydrogens is 278 g/mol. The van der Waals surface area contributed by atoms with E-state index in [-0.39, 0.29) is 5.70 Å². The van der Waals surface area contributed by atoms with Gasteiger partial charge in [0, 0.05) is 0 Å². The van der Waals surface area contributed by atoms with Gasteiger partial charge in [-0.3, -0.25) is 0 Å². The van der Waals surface area contributed by atoms with Crippen LogP contribution >= 0.6 is 0 Å². The fraction of sp³-hybridized carbons (Fsp3) is 0. The first-order valence-corrected chi connectivity index (χ1v) is 6.54. The third kappa shape index (κ3) is 4.42. The molecule has 0 radical (unpaired) electrons. The SMILES string of the molecule is C=CNC(=C)C(=O)Oc1ccc(/N=N/c2ccccc2)cc1. The first-order valence-electron chi connectivity index (χ1n) is 6.54. The number of nitrogens with zero attached hydrogens (tertiary/aromatic N) is 2. The Morgan fingerprint density at radius 2 is 1.59 bits per heavy atom. The Morgan fingerprint density at radius 3 is 2.18 bits per heavy atom. The molecule has 2 aromatic rings. The summed E-state index contributed by atoms with van der Waals surface area (Å²) in [6, 6.07) is 16.1. The van der Waals surface area contributed by atoms with Crippen molar-refractivity contribution in [1.29, 1.82) is 0 Å². The highest BCUT2D eigenvalue weighted by Crippen LogP contribution is 2.21. The predicted octanol–water partition coefficient (Wildman–Crippen LogP) is 4.25. The van der Waals surface area contributed by atoms with E-state index in [1.54, 1.807) is 24.3 Å². The second-order valence-corrected chi connectivity index (χ2v) is 4.25. The quantitative estimate of drug-likeness (QED) is 0.375. The molecule has 5 heteroatoms. The molecule has 0 fully saturated rings. The van der Waals surface area contributed by atoms with E-state index in [1.165, 1.54) is 6.20 Å². The van der Waals surface area contributed by atoms with Crippen LogP contribution in [0.4, 0.5) is 11.4 Å². The van der Waals surface area contributed by atoms with Crippen molar-refractivity contribution in [3.05, 3.63) is 79.7 Å². The topological polar surface area (TPSA) is 63.0 Å². The van der Waals surface area contributed by atoms with Crippen molar-refractivity contribution >= 4 is 17.3 Å². The fourth-order valence-electron chi connectivity index (χ4n) is 1.54. The zero-order chi connectivity index (χ0) is 15.8. The van der Waals surface area contributed by atoms with Crippen LogP contribution in [0.1, 0.15) is 0 Å². The van der Waals surface area contributed by atoms with E-state index >= 15 is 0 Å². The molecule has 0 unspecified atom stereocenters. The van der Waals surface area contributed by atoms with Crippen LogP contribution in [0.3, 0.4) is 0 Å². The number of hydrogen-bond acceptors (Lipinski definition) is 5. The molecule has 0 aliphatic carbocycles. The highest BCUT2D eigenvalue weighted by molar-refractivity contribution is 5.89. The number of ether oxygens (including phenoxy) is 1. The van der Waals surface area contributed by atoms with E-state index in [4.69, 9.17) is 4.74 Å². The molecule has 110 valence electrons.